The minimum absolute atomic E-state index is 0.0769. The molecule has 0 aliphatic heterocycles. The second kappa shape index (κ2) is 9.05. The highest BCUT2D eigenvalue weighted by Gasteiger charge is 2.18. The van der Waals surface area contributed by atoms with Gasteiger partial charge in [-0.2, -0.15) is 4.68 Å². The lowest BCUT2D eigenvalue weighted by Gasteiger charge is -2.10. The molecule has 0 saturated carbocycles. The van der Waals surface area contributed by atoms with Gasteiger partial charge in [-0.1, -0.05) is 30.8 Å². The van der Waals surface area contributed by atoms with Crippen molar-refractivity contribution < 1.29 is 9.53 Å². The molecule has 0 aliphatic rings. The summed E-state index contributed by atoms with van der Waals surface area (Å²) in [6, 6.07) is 9.55. The third kappa shape index (κ3) is 4.11. The van der Waals surface area contributed by atoms with Crippen molar-refractivity contribution in [1.29, 1.82) is 0 Å². The Morgan fingerprint density at radius 2 is 2.00 bits per heavy atom. The molecule has 0 radical (unpaired) electrons. The van der Waals surface area contributed by atoms with Gasteiger partial charge in [0.2, 0.25) is 5.16 Å². The number of Topliss-reactive ketones (excluding diaryl/α,β-unsaturated/α-hetero) is 1. The zero-order chi connectivity index (χ0) is 20.1. The molecule has 0 bridgehead atoms. The van der Waals surface area contributed by atoms with Crippen LogP contribution in [0.4, 0.5) is 0 Å². The highest BCUT2D eigenvalue weighted by molar-refractivity contribution is 7.99. The van der Waals surface area contributed by atoms with E-state index in [1.165, 1.54) is 11.8 Å². The third-order valence-corrected chi connectivity index (χ3v) is 5.41. The summed E-state index contributed by atoms with van der Waals surface area (Å²) in [7, 11) is 0. The fourth-order valence-electron chi connectivity index (χ4n) is 3.19. The van der Waals surface area contributed by atoms with Gasteiger partial charge < -0.3 is 9.30 Å². The molecule has 0 fully saturated rings. The van der Waals surface area contributed by atoms with E-state index in [2.05, 4.69) is 27.0 Å². The monoisotopic (exact) mass is 399 g/mol. The van der Waals surface area contributed by atoms with Crippen molar-refractivity contribution in [3.8, 4) is 11.4 Å². The van der Waals surface area contributed by atoms with Crippen LogP contribution in [0, 0.1) is 13.8 Å². The van der Waals surface area contributed by atoms with Crippen molar-refractivity contribution in [1.82, 2.24) is 24.8 Å². The van der Waals surface area contributed by atoms with Crippen LogP contribution in [0.1, 0.15) is 42.0 Å². The lowest BCUT2D eigenvalue weighted by molar-refractivity contribution is 0.102. The van der Waals surface area contributed by atoms with Gasteiger partial charge in [-0.15, -0.1) is 5.10 Å². The first-order valence-electron chi connectivity index (χ1n) is 9.40. The maximum Gasteiger partial charge on any atom is 0.214 e. The molecule has 0 unspecified atom stereocenters. The number of nitrogens with zero attached hydrogens (tertiary/aromatic N) is 5. The van der Waals surface area contributed by atoms with Crippen LogP contribution in [0.5, 0.6) is 5.75 Å². The number of benzene rings is 1. The van der Waals surface area contributed by atoms with Crippen LogP contribution in [0.2, 0.25) is 0 Å². The summed E-state index contributed by atoms with van der Waals surface area (Å²) in [5.41, 5.74) is 3.66. The zero-order valence-electron chi connectivity index (χ0n) is 16.7. The quantitative estimate of drug-likeness (QED) is 0.402. The summed E-state index contributed by atoms with van der Waals surface area (Å²) in [6.07, 6.45) is 1.03. The van der Waals surface area contributed by atoms with E-state index in [0.29, 0.717) is 17.5 Å². The molecule has 2 heterocycles. The summed E-state index contributed by atoms with van der Waals surface area (Å²) < 4.78 is 9.48. The number of carbonyl (C=O) groups is 1. The summed E-state index contributed by atoms with van der Waals surface area (Å²) in [5.74, 6) is 1.05. The summed E-state index contributed by atoms with van der Waals surface area (Å²) >= 11 is 1.33. The van der Waals surface area contributed by atoms with Crippen molar-refractivity contribution in [3.05, 3.63) is 47.3 Å². The third-order valence-electron chi connectivity index (χ3n) is 4.49. The van der Waals surface area contributed by atoms with E-state index in [9.17, 15) is 4.79 Å². The maximum absolute atomic E-state index is 12.8. The van der Waals surface area contributed by atoms with E-state index >= 15 is 0 Å². The van der Waals surface area contributed by atoms with Crippen LogP contribution in [0.3, 0.4) is 0 Å². The van der Waals surface area contributed by atoms with Gasteiger partial charge in [-0.3, -0.25) is 4.79 Å². The first-order chi connectivity index (χ1) is 13.6. The van der Waals surface area contributed by atoms with E-state index in [1.54, 1.807) is 4.68 Å². The lowest BCUT2D eigenvalue weighted by Crippen LogP contribution is -2.08. The van der Waals surface area contributed by atoms with Gasteiger partial charge in [-0.05, 0) is 55.8 Å². The average molecular weight is 400 g/mol. The summed E-state index contributed by atoms with van der Waals surface area (Å²) in [4.78, 5) is 12.8. The number of para-hydroxylation sites is 2. The van der Waals surface area contributed by atoms with E-state index in [1.807, 2.05) is 51.1 Å². The highest BCUT2D eigenvalue weighted by Crippen LogP contribution is 2.27. The molecule has 2 aromatic heterocycles. The van der Waals surface area contributed by atoms with Crippen molar-refractivity contribution >= 4 is 17.5 Å². The van der Waals surface area contributed by atoms with Crippen LogP contribution >= 0.6 is 11.8 Å². The maximum atomic E-state index is 12.8. The first-order valence-corrected chi connectivity index (χ1v) is 10.4. The molecule has 1 aromatic carbocycles. The SMILES string of the molecule is CCCn1c(C)cc(C(=O)CSc2nnnn2-c2ccccc2OCC)c1C. The van der Waals surface area contributed by atoms with Crippen LogP contribution < -0.4 is 4.74 Å². The van der Waals surface area contributed by atoms with Gasteiger partial charge in [0.05, 0.1) is 12.4 Å². The minimum atomic E-state index is 0.0769. The van der Waals surface area contributed by atoms with Crippen molar-refractivity contribution in [2.24, 2.45) is 0 Å². The number of hydrogen-bond acceptors (Lipinski definition) is 6. The number of rotatable bonds is 9. The Morgan fingerprint density at radius 3 is 2.75 bits per heavy atom. The van der Waals surface area contributed by atoms with Crippen LogP contribution in [-0.2, 0) is 6.54 Å². The molecular formula is C20H25N5O2S. The van der Waals surface area contributed by atoms with Gasteiger partial charge in [0, 0.05) is 23.5 Å². The number of thioether (sulfide) groups is 1. The molecule has 0 saturated heterocycles. The van der Waals surface area contributed by atoms with Crippen molar-refractivity contribution in [3.63, 3.8) is 0 Å². The Balaban J connectivity index is 1.78. The molecule has 0 atom stereocenters. The number of hydrogen-bond donors (Lipinski definition) is 0. The molecule has 7 nitrogen and oxygen atoms in total. The number of ether oxygens (including phenoxy) is 1. The fraction of sp³-hybridized carbons (Fsp3) is 0.400. The Labute approximate surface area is 169 Å². The number of ketones is 1. The highest BCUT2D eigenvalue weighted by atomic mass is 32.2. The normalized spacial score (nSPS) is 11.0. The molecule has 0 spiro atoms. The average Bonchev–Trinajstić information content (AvgIpc) is 3.27. The fourth-order valence-corrected chi connectivity index (χ4v) is 3.96. The molecule has 3 aromatic rings. The van der Waals surface area contributed by atoms with Crippen molar-refractivity contribution in [2.75, 3.05) is 12.4 Å². The molecular weight excluding hydrogens is 374 g/mol. The van der Waals surface area contributed by atoms with Gasteiger partial charge in [0.25, 0.3) is 0 Å². The van der Waals surface area contributed by atoms with Gasteiger partial charge in [0.15, 0.2) is 5.78 Å². The Morgan fingerprint density at radius 1 is 1.21 bits per heavy atom. The second-order valence-corrected chi connectivity index (χ2v) is 7.36. The van der Waals surface area contributed by atoms with Crippen LogP contribution in [0.25, 0.3) is 5.69 Å². The number of carbonyl (C=O) groups excluding carboxylic acids is 1. The minimum Gasteiger partial charge on any atom is -0.492 e. The van der Waals surface area contributed by atoms with Gasteiger partial charge in [0.1, 0.15) is 11.4 Å². The molecule has 28 heavy (non-hydrogen) atoms. The predicted molar refractivity (Wildman–Crippen MR) is 110 cm³/mol. The van der Waals surface area contributed by atoms with E-state index in [4.69, 9.17) is 4.74 Å². The Kier molecular flexibility index (Phi) is 6.51. The number of aromatic nitrogens is 5. The molecule has 0 amide bonds. The predicted octanol–water partition coefficient (Wildman–Crippen LogP) is 3.86. The largest absolute Gasteiger partial charge is 0.492 e. The molecule has 3 rings (SSSR count). The number of tetrazole rings is 1. The standard InChI is InChI=1S/C20H25N5O2S/c1-5-11-24-14(3)12-16(15(24)4)18(26)13-28-20-21-22-23-25(20)17-9-7-8-10-19(17)27-6-2/h7-10,12H,5-6,11,13H2,1-4H3. The molecule has 8 heteroatoms. The van der Waals surface area contributed by atoms with Crippen LogP contribution in [0.15, 0.2) is 35.5 Å². The van der Waals surface area contributed by atoms with Crippen LogP contribution in [-0.4, -0.2) is 42.9 Å². The number of aryl methyl sites for hydroxylation is 1. The zero-order valence-corrected chi connectivity index (χ0v) is 17.5. The van der Waals surface area contributed by atoms with E-state index in [-0.39, 0.29) is 11.5 Å². The second-order valence-electron chi connectivity index (χ2n) is 6.42. The Hall–Kier alpha value is -2.61. The molecule has 0 aliphatic carbocycles. The van der Waals surface area contributed by atoms with Gasteiger partial charge >= 0.3 is 0 Å². The Bertz CT molecular complexity index is 963. The molecule has 0 N–H and O–H groups in total. The smallest absolute Gasteiger partial charge is 0.214 e. The van der Waals surface area contributed by atoms with E-state index < -0.39 is 0 Å². The lowest BCUT2D eigenvalue weighted by atomic mass is 10.2. The topological polar surface area (TPSA) is 74.8 Å². The molecule has 148 valence electrons. The van der Waals surface area contributed by atoms with Crippen molar-refractivity contribution in [2.45, 2.75) is 45.8 Å². The summed E-state index contributed by atoms with van der Waals surface area (Å²) in [5, 5.41) is 12.5. The van der Waals surface area contributed by atoms with E-state index in [0.717, 1.165) is 35.6 Å². The van der Waals surface area contributed by atoms with Gasteiger partial charge in [-0.25, -0.2) is 0 Å². The first kappa shape index (κ1) is 20.1. The summed E-state index contributed by atoms with van der Waals surface area (Å²) in [6.45, 7) is 9.58.